The number of methoxy groups -OCH3 is 2. The first-order valence-electron chi connectivity index (χ1n) is 10.2. The van der Waals surface area contributed by atoms with E-state index in [1.54, 1.807) is 20.3 Å². The first-order chi connectivity index (χ1) is 14.0. The van der Waals surface area contributed by atoms with Crippen molar-refractivity contribution >= 4 is 11.9 Å². The second kappa shape index (κ2) is 9.58. The molecule has 1 aromatic carbocycles. The minimum atomic E-state index is -0.211. The molecule has 29 heavy (non-hydrogen) atoms. The summed E-state index contributed by atoms with van der Waals surface area (Å²) in [6.45, 7) is 5.41. The van der Waals surface area contributed by atoms with Gasteiger partial charge in [0, 0.05) is 24.8 Å². The summed E-state index contributed by atoms with van der Waals surface area (Å²) in [6.07, 6.45) is 4.57. The van der Waals surface area contributed by atoms with E-state index in [0.717, 1.165) is 37.1 Å². The summed E-state index contributed by atoms with van der Waals surface area (Å²) >= 11 is 0. The van der Waals surface area contributed by atoms with Gasteiger partial charge in [-0.3, -0.25) is 4.79 Å². The standard InChI is InChI=1S/C22H30N4O3/c1-5-17-8-6-7-11-26(17)22-24-15(2)12-18(25-22)21(27)23-14-16-9-10-19(28-3)20(13-16)29-4/h9-10,12-13,17H,5-8,11,14H2,1-4H3,(H,23,27). The van der Waals surface area contributed by atoms with Gasteiger partial charge in [0.25, 0.3) is 5.91 Å². The number of aryl methyl sites for hydroxylation is 1. The third-order valence-electron chi connectivity index (χ3n) is 5.33. The summed E-state index contributed by atoms with van der Waals surface area (Å²) < 4.78 is 10.6. The summed E-state index contributed by atoms with van der Waals surface area (Å²) in [5, 5.41) is 2.94. The zero-order chi connectivity index (χ0) is 20.8. The van der Waals surface area contributed by atoms with Crippen molar-refractivity contribution in [3.8, 4) is 11.5 Å². The van der Waals surface area contributed by atoms with E-state index in [9.17, 15) is 4.79 Å². The Balaban J connectivity index is 1.73. The molecule has 1 aliphatic rings. The van der Waals surface area contributed by atoms with Gasteiger partial charge in [-0.2, -0.15) is 0 Å². The van der Waals surface area contributed by atoms with Crippen LogP contribution in [0.4, 0.5) is 5.95 Å². The smallest absolute Gasteiger partial charge is 0.270 e. The molecule has 0 radical (unpaired) electrons. The van der Waals surface area contributed by atoms with Gasteiger partial charge in [0.15, 0.2) is 11.5 Å². The number of hydrogen-bond acceptors (Lipinski definition) is 6. The number of anilines is 1. The average Bonchev–Trinajstić information content (AvgIpc) is 2.76. The molecule has 7 heteroatoms. The van der Waals surface area contributed by atoms with Gasteiger partial charge in [-0.25, -0.2) is 9.97 Å². The van der Waals surface area contributed by atoms with E-state index in [2.05, 4.69) is 27.1 Å². The summed E-state index contributed by atoms with van der Waals surface area (Å²) in [4.78, 5) is 24.2. The molecule has 0 saturated carbocycles. The van der Waals surface area contributed by atoms with Crippen molar-refractivity contribution in [2.45, 2.75) is 52.1 Å². The van der Waals surface area contributed by atoms with E-state index < -0.39 is 0 Å². The lowest BCUT2D eigenvalue weighted by molar-refractivity contribution is 0.0945. The molecule has 2 heterocycles. The predicted octanol–water partition coefficient (Wildman–Crippen LogP) is 3.50. The Bertz CT molecular complexity index is 856. The van der Waals surface area contributed by atoms with Crippen molar-refractivity contribution in [2.24, 2.45) is 0 Å². The highest BCUT2D eigenvalue weighted by Gasteiger charge is 2.24. The predicted molar refractivity (Wildman–Crippen MR) is 113 cm³/mol. The van der Waals surface area contributed by atoms with Crippen LogP contribution in [0.15, 0.2) is 24.3 Å². The van der Waals surface area contributed by atoms with Crippen LogP contribution in [-0.4, -0.2) is 42.7 Å². The number of ether oxygens (including phenoxy) is 2. The second-order valence-electron chi connectivity index (χ2n) is 7.32. The molecular formula is C22H30N4O3. The van der Waals surface area contributed by atoms with Gasteiger partial charge in [-0.05, 0) is 56.4 Å². The lowest BCUT2D eigenvalue weighted by Crippen LogP contribution is -2.40. The van der Waals surface area contributed by atoms with Crippen molar-refractivity contribution in [3.63, 3.8) is 0 Å². The number of amides is 1. The SMILES string of the molecule is CCC1CCCCN1c1nc(C)cc(C(=O)NCc2ccc(OC)c(OC)c2)n1. The van der Waals surface area contributed by atoms with E-state index >= 15 is 0 Å². The molecule has 156 valence electrons. The highest BCUT2D eigenvalue weighted by atomic mass is 16.5. The summed E-state index contributed by atoms with van der Waals surface area (Å²) in [6, 6.07) is 7.76. The molecule has 0 bridgehead atoms. The molecule has 0 aliphatic carbocycles. The molecule has 1 amide bonds. The molecule has 1 fully saturated rings. The molecule has 1 unspecified atom stereocenters. The summed E-state index contributed by atoms with van der Waals surface area (Å²) in [5.41, 5.74) is 2.11. The van der Waals surface area contributed by atoms with Crippen molar-refractivity contribution in [2.75, 3.05) is 25.7 Å². The largest absolute Gasteiger partial charge is 0.493 e. The van der Waals surface area contributed by atoms with Crippen molar-refractivity contribution < 1.29 is 14.3 Å². The van der Waals surface area contributed by atoms with Gasteiger partial charge < -0.3 is 19.7 Å². The number of rotatable bonds is 7. The monoisotopic (exact) mass is 398 g/mol. The minimum absolute atomic E-state index is 0.211. The lowest BCUT2D eigenvalue weighted by Gasteiger charge is -2.35. The highest BCUT2D eigenvalue weighted by molar-refractivity contribution is 5.92. The first kappa shape index (κ1) is 20.9. The normalized spacial score (nSPS) is 16.4. The number of hydrogen-bond donors (Lipinski definition) is 1. The zero-order valence-corrected chi connectivity index (χ0v) is 17.7. The Morgan fingerprint density at radius 2 is 1.97 bits per heavy atom. The Kier molecular flexibility index (Phi) is 6.90. The number of benzene rings is 1. The quantitative estimate of drug-likeness (QED) is 0.769. The number of carbonyl (C=O) groups is 1. The van der Waals surface area contributed by atoms with E-state index in [0.29, 0.717) is 35.7 Å². The van der Waals surface area contributed by atoms with Crippen LogP contribution in [0.2, 0.25) is 0 Å². The van der Waals surface area contributed by atoms with Gasteiger partial charge in [-0.15, -0.1) is 0 Å². The molecule has 1 atom stereocenters. The Morgan fingerprint density at radius 1 is 1.17 bits per heavy atom. The van der Waals surface area contributed by atoms with Crippen LogP contribution in [0.25, 0.3) is 0 Å². The Morgan fingerprint density at radius 3 is 2.69 bits per heavy atom. The maximum Gasteiger partial charge on any atom is 0.270 e. The first-order valence-corrected chi connectivity index (χ1v) is 10.2. The number of aromatic nitrogens is 2. The fraction of sp³-hybridized carbons (Fsp3) is 0.500. The van der Waals surface area contributed by atoms with Crippen LogP contribution in [0, 0.1) is 6.92 Å². The topological polar surface area (TPSA) is 76.6 Å². The van der Waals surface area contributed by atoms with Crippen molar-refractivity contribution in [3.05, 3.63) is 41.2 Å². The van der Waals surface area contributed by atoms with Crippen LogP contribution in [-0.2, 0) is 6.54 Å². The zero-order valence-electron chi connectivity index (χ0n) is 17.7. The fourth-order valence-corrected chi connectivity index (χ4v) is 3.75. The molecule has 1 N–H and O–H groups in total. The van der Waals surface area contributed by atoms with Crippen LogP contribution < -0.4 is 19.7 Å². The summed E-state index contributed by atoms with van der Waals surface area (Å²) in [5.74, 6) is 1.74. The van der Waals surface area contributed by atoms with Crippen LogP contribution >= 0.6 is 0 Å². The van der Waals surface area contributed by atoms with Gasteiger partial charge in [0.1, 0.15) is 5.69 Å². The van der Waals surface area contributed by atoms with Crippen molar-refractivity contribution in [1.29, 1.82) is 0 Å². The number of carbonyl (C=O) groups excluding carboxylic acids is 1. The molecule has 7 nitrogen and oxygen atoms in total. The van der Waals surface area contributed by atoms with Crippen LogP contribution in [0.3, 0.4) is 0 Å². The number of nitrogens with zero attached hydrogens (tertiary/aromatic N) is 3. The van der Waals surface area contributed by atoms with E-state index in [1.807, 2.05) is 25.1 Å². The lowest BCUT2D eigenvalue weighted by atomic mass is 10.0. The van der Waals surface area contributed by atoms with Gasteiger partial charge in [0.05, 0.1) is 14.2 Å². The number of piperidine rings is 1. The Hall–Kier alpha value is -2.83. The van der Waals surface area contributed by atoms with E-state index in [-0.39, 0.29) is 5.91 Å². The molecule has 3 rings (SSSR count). The average molecular weight is 399 g/mol. The molecule has 2 aromatic rings. The minimum Gasteiger partial charge on any atom is -0.493 e. The van der Waals surface area contributed by atoms with Gasteiger partial charge in [0.2, 0.25) is 5.95 Å². The number of nitrogens with one attached hydrogen (secondary N) is 1. The molecule has 1 saturated heterocycles. The third kappa shape index (κ3) is 4.96. The second-order valence-corrected chi connectivity index (χ2v) is 7.32. The van der Waals surface area contributed by atoms with Gasteiger partial charge in [-0.1, -0.05) is 13.0 Å². The summed E-state index contributed by atoms with van der Waals surface area (Å²) in [7, 11) is 3.19. The molecule has 1 aromatic heterocycles. The fourth-order valence-electron chi connectivity index (χ4n) is 3.75. The van der Waals surface area contributed by atoms with E-state index in [4.69, 9.17) is 9.47 Å². The van der Waals surface area contributed by atoms with Crippen molar-refractivity contribution in [1.82, 2.24) is 15.3 Å². The Labute approximate surface area is 172 Å². The molecule has 0 spiro atoms. The van der Waals surface area contributed by atoms with Gasteiger partial charge >= 0.3 is 0 Å². The molecule has 1 aliphatic heterocycles. The molecular weight excluding hydrogens is 368 g/mol. The maximum absolute atomic E-state index is 12.8. The van der Waals surface area contributed by atoms with Crippen LogP contribution in [0.5, 0.6) is 11.5 Å². The highest BCUT2D eigenvalue weighted by Crippen LogP contribution is 2.27. The maximum atomic E-state index is 12.8. The van der Waals surface area contributed by atoms with Crippen LogP contribution in [0.1, 0.15) is 54.4 Å². The third-order valence-corrected chi connectivity index (χ3v) is 5.33. The van der Waals surface area contributed by atoms with E-state index in [1.165, 1.54) is 6.42 Å².